The van der Waals surface area contributed by atoms with Gasteiger partial charge in [-0.15, -0.1) is 11.3 Å². The Labute approximate surface area is 86.2 Å². The van der Waals surface area contributed by atoms with Gasteiger partial charge in [0.25, 0.3) is 0 Å². The number of rotatable bonds is 3. The highest BCUT2D eigenvalue weighted by Gasteiger charge is 1.97. The first-order chi connectivity index (χ1) is 6.84. The van der Waals surface area contributed by atoms with E-state index in [0.717, 1.165) is 12.8 Å². The van der Waals surface area contributed by atoms with Crippen molar-refractivity contribution in [1.29, 1.82) is 0 Å². The molecule has 0 saturated carbocycles. The lowest BCUT2D eigenvalue weighted by Crippen LogP contribution is -1.88. The lowest BCUT2D eigenvalue weighted by atomic mass is 10.1. The van der Waals surface area contributed by atoms with Gasteiger partial charge in [-0.25, -0.2) is 4.39 Å². The molecule has 0 radical (unpaired) electrons. The van der Waals surface area contributed by atoms with Crippen LogP contribution in [0.25, 0.3) is 0 Å². The van der Waals surface area contributed by atoms with Crippen molar-refractivity contribution in [3.63, 3.8) is 0 Å². The second-order valence-corrected chi connectivity index (χ2v) is 4.07. The maximum absolute atomic E-state index is 12.6. The summed E-state index contributed by atoms with van der Waals surface area (Å²) in [6, 6.07) is 6.66. The quantitative estimate of drug-likeness (QED) is 0.753. The zero-order valence-corrected chi connectivity index (χ0v) is 8.43. The molecular weight excluding hydrogens is 197 g/mol. The molecule has 1 heterocycles. The van der Waals surface area contributed by atoms with Crippen molar-refractivity contribution in [2.75, 3.05) is 0 Å². The molecule has 0 bridgehead atoms. The summed E-state index contributed by atoms with van der Waals surface area (Å²) in [7, 11) is 0. The summed E-state index contributed by atoms with van der Waals surface area (Å²) < 4.78 is 12.6. The molecule has 2 rings (SSSR count). The van der Waals surface area contributed by atoms with Crippen LogP contribution in [0.5, 0.6) is 0 Å². The van der Waals surface area contributed by atoms with E-state index in [1.807, 2.05) is 23.8 Å². The van der Waals surface area contributed by atoms with Gasteiger partial charge in [-0.1, -0.05) is 12.1 Å². The average molecular weight is 207 g/mol. The van der Waals surface area contributed by atoms with E-state index in [9.17, 15) is 4.39 Å². The molecular formula is C11H10FNS. The number of thiazole rings is 1. The van der Waals surface area contributed by atoms with Gasteiger partial charge in [-0.3, -0.25) is 4.98 Å². The molecule has 0 unspecified atom stereocenters. The predicted octanol–water partition coefficient (Wildman–Crippen LogP) is 3.07. The third kappa shape index (κ3) is 2.39. The first-order valence-corrected chi connectivity index (χ1v) is 5.34. The number of hydrogen-bond donors (Lipinski definition) is 0. The lowest BCUT2D eigenvalue weighted by molar-refractivity contribution is 0.627. The summed E-state index contributed by atoms with van der Waals surface area (Å²) in [5.41, 5.74) is 3.00. The Balaban J connectivity index is 1.95. The minimum atomic E-state index is -0.174. The van der Waals surface area contributed by atoms with Gasteiger partial charge >= 0.3 is 0 Å². The van der Waals surface area contributed by atoms with E-state index >= 15 is 0 Å². The van der Waals surface area contributed by atoms with Crippen molar-refractivity contribution in [2.24, 2.45) is 0 Å². The van der Waals surface area contributed by atoms with E-state index in [-0.39, 0.29) is 5.82 Å². The third-order valence-corrected chi connectivity index (χ3v) is 2.90. The average Bonchev–Trinajstić information content (AvgIpc) is 2.70. The van der Waals surface area contributed by atoms with E-state index in [4.69, 9.17) is 0 Å². The van der Waals surface area contributed by atoms with Crippen LogP contribution in [0.2, 0.25) is 0 Å². The molecule has 72 valence electrons. The van der Waals surface area contributed by atoms with Gasteiger partial charge in [0.2, 0.25) is 0 Å². The van der Waals surface area contributed by atoms with Crippen LogP contribution in [-0.2, 0) is 12.8 Å². The molecule has 1 aromatic heterocycles. The number of halogens is 1. The van der Waals surface area contributed by atoms with Crippen molar-refractivity contribution < 1.29 is 4.39 Å². The van der Waals surface area contributed by atoms with E-state index in [1.54, 1.807) is 11.3 Å². The molecule has 3 heteroatoms. The molecule has 0 atom stereocenters. The number of aryl methyl sites for hydroxylation is 2. The van der Waals surface area contributed by atoms with Gasteiger partial charge < -0.3 is 0 Å². The third-order valence-electron chi connectivity index (χ3n) is 2.06. The van der Waals surface area contributed by atoms with Gasteiger partial charge in [-0.2, -0.15) is 0 Å². The molecule has 0 spiro atoms. The number of nitrogens with zero attached hydrogens (tertiary/aromatic N) is 1. The number of hydrogen-bond acceptors (Lipinski definition) is 2. The van der Waals surface area contributed by atoms with Crippen LogP contribution in [0.3, 0.4) is 0 Å². The Morgan fingerprint density at radius 2 is 1.93 bits per heavy atom. The first kappa shape index (κ1) is 9.34. The maximum Gasteiger partial charge on any atom is 0.123 e. The molecule has 0 saturated heterocycles. The fraction of sp³-hybridized carbons (Fsp3) is 0.182. The Morgan fingerprint density at radius 1 is 1.14 bits per heavy atom. The molecule has 0 aliphatic carbocycles. The van der Waals surface area contributed by atoms with Gasteiger partial charge in [-0.05, 0) is 30.5 Å². The number of benzene rings is 1. The minimum Gasteiger partial charge on any atom is -0.253 e. The maximum atomic E-state index is 12.6. The molecule has 0 aliphatic heterocycles. The Morgan fingerprint density at radius 3 is 2.57 bits per heavy atom. The van der Waals surface area contributed by atoms with E-state index in [0.29, 0.717) is 0 Å². The minimum absolute atomic E-state index is 0.174. The highest BCUT2D eigenvalue weighted by molar-refractivity contribution is 7.09. The second-order valence-electron chi connectivity index (χ2n) is 3.09. The first-order valence-electron chi connectivity index (χ1n) is 4.46. The van der Waals surface area contributed by atoms with Crippen molar-refractivity contribution in [3.8, 4) is 0 Å². The number of aromatic nitrogens is 1. The van der Waals surface area contributed by atoms with Crippen LogP contribution in [-0.4, -0.2) is 4.98 Å². The summed E-state index contributed by atoms with van der Waals surface area (Å²) in [5.74, 6) is -0.174. The smallest absolute Gasteiger partial charge is 0.123 e. The monoisotopic (exact) mass is 207 g/mol. The topological polar surface area (TPSA) is 12.9 Å². The van der Waals surface area contributed by atoms with Gasteiger partial charge in [0.05, 0.1) is 5.51 Å². The molecule has 0 aliphatic rings. The second kappa shape index (κ2) is 4.33. The SMILES string of the molecule is Fc1ccc(CCc2cncs2)cc1. The zero-order chi connectivity index (χ0) is 9.80. The summed E-state index contributed by atoms with van der Waals surface area (Å²) in [6.45, 7) is 0. The van der Waals surface area contributed by atoms with Crippen molar-refractivity contribution >= 4 is 11.3 Å². The molecule has 2 aromatic rings. The van der Waals surface area contributed by atoms with E-state index in [2.05, 4.69) is 4.98 Å². The molecule has 1 nitrogen and oxygen atoms in total. The van der Waals surface area contributed by atoms with Crippen molar-refractivity contribution in [1.82, 2.24) is 4.98 Å². The Hall–Kier alpha value is -1.22. The normalized spacial score (nSPS) is 10.4. The van der Waals surface area contributed by atoms with Crippen LogP contribution in [0.15, 0.2) is 36.0 Å². The standard InChI is InChI=1S/C11H10FNS/c12-10-4-1-9(2-5-10)3-6-11-7-13-8-14-11/h1-2,4-5,7-8H,3,6H2. The molecule has 0 amide bonds. The van der Waals surface area contributed by atoms with Crippen molar-refractivity contribution in [2.45, 2.75) is 12.8 Å². The van der Waals surface area contributed by atoms with Crippen LogP contribution in [0, 0.1) is 5.82 Å². The van der Waals surface area contributed by atoms with Gasteiger partial charge in [0, 0.05) is 11.1 Å². The molecule has 0 N–H and O–H groups in total. The molecule has 1 aromatic carbocycles. The summed E-state index contributed by atoms with van der Waals surface area (Å²) >= 11 is 1.66. The predicted molar refractivity (Wildman–Crippen MR) is 55.9 cm³/mol. The van der Waals surface area contributed by atoms with Crippen LogP contribution < -0.4 is 0 Å². The van der Waals surface area contributed by atoms with Crippen molar-refractivity contribution in [3.05, 3.63) is 52.2 Å². The van der Waals surface area contributed by atoms with E-state index < -0.39 is 0 Å². The summed E-state index contributed by atoms with van der Waals surface area (Å²) in [5, 5.41) is 0. The summed E-state index contributed by atoms with van der Waals surface area (Å²) in [6.07, 6.45) is 3.81. The summed E-state index contributed by atoms with van der Waals surface area (Å²) in [4.78, 5) is 5.28. The molecule has 0 fully saturated rings. The highest BCUT2D eigenvalue weighted by atomic mass is 32.1. The van der Waals surface area contributed by atoms with Gasteiger partial charge in [0.15, 0.2) is 0 Å². The lowest BCUT2D eigenvalue weighted by Gasteiger charge is -1.98. The van der Waals surface area contributed by atoms with E-state index in [1.165, 1.54) is 22.6 Å². The zero-order valence-electron chi connectivity index (χ0n) is 7.61. The Bertz CT molecular complexity index is 380. The van der Waals surface area contributed by atoms with Crippen LogP contribution in [0.1, 0.15) is 10.4 Å². The molecule has 14 heavy (non-hydrogen) atoms. The van der Waals surface area contributed by atoms with Crippen LogP contribution in [0.4, 0.5) is 4.39 Å². The van der Waals surface area contributed by atoms with Gasteiger partial charge in [0.1, 0.15) is 5.82 Å². The fourth-order valence-electron chi connectivity index (χ4n) is 1.28. The fourth-order valence-corrected chi connectivity index (χ4v) is 1.88. The van der Waals surface area contributed by atoms with Crippen LogP contribution >= 0.6 is 11.3 Å². The Kier molecular flexibility index (Phi) is 2.89. The largest absolute Gasteiger partial charge is 0.253 e. The highest BCUT2D eigenvalue weighted by Crippen LogP contribution is 2.11.